The molecule has 9 heteroatoms. The number of rotatable bonds is 7. The molecular formula is C16H15F2NO6. The van der Waals surface area contributed by atoms with Crippen LogP contribution in [-0.2, 0) is 25.5 Å². The molecule has 0 saturated heterocycles. The van der Waals surface area contributed by atoms with Gasteiger partial charge in [-0.1, -0.05) is 0 Å². The molecule has 0 bridgehead atoms. The first kappa shape index (κ1) is 18.4. The van der Waals surface area contributed by atoms with E-state index < -0.39 is 24.5 Å². The van der Waals surface area contributed by atoms with Crippen LogP contribution in [-0.4, -0.2) is 37.8 Å². The van der Waals surface area contributed by atoms with Crippen molar-refractivity contribution in [1.29, 1.82) is 0 Å². The van der Waals surface area contributed by atoms with Crippen molar-refractivity contribution in [3.05, 3.63) is 36.2 Å². The maximum atomic E-state index is 12.1. The first-order chi connectivity index (χ1) is 11.9. The summed E-state index contributed by atoms with van der Waals surface area (Å²) in [5.41, 5.74) is 0.851. The quantitative estimate of drug-likeness (QED) is 0.557. The summed E-state index contributed by atoms with van der Waals surface area (Å²) >= 11 is 0. The molecule has 0 radical (unpaired) electrons. The number of carbonyl (C=O) groups excluding carboxylic acids is 2. The fourth-order valence-electron chi connectivity index (χ4n) is 2.07. The molecule has 0 amide bonds. The number of hydrogen-bond donors (Lipinski definition) is 0. The largest absolute Gasteiger partial charge is 0.468 e. The van der Waals surface area contributed by atoms with Gasteiger partial charge in [-0.3, -0.25) is 9.59 Å². The summed E-state index contributed by atoms with van der Waals surface area (Å²) in [7, 11) is 2.32. The normalized spacial score (nSPS) is 10.8. The van der Waals surface area contributed by atoms with Crippen molar-refractivity contribution in [2.45, 2.75) is 13.0 Å². The Morgan fingerprint density at radius 2 is 1.72 bits per heavy atom. The Morgan fingerprint density at radius 3 is 2.24 bits per heavy atom. The summed E-state index contributed by atoms with van der Waals surface area (Å²) in [6.07, 6.45) is 1.23. The SMILES string of the molecule is COC(=O)C(Cc1coc(-c2ccc(OC(F)F)cc2)n1)C(=O)OC. The first-order valence-electron chi connectivity index (χ1n) is 7.10. The minimum Gasteiger partial charge on any atom is -0.468 e. The number of benzene rings is 1. The zero-order chi connectivity index (χ0) is 18.4. The van der Waals surface area contributed by atoms with Gasteiger partial charge in [0.05, 0.1) is 19.9 Å². The number of hydrogen-bond acceptors (Lipinski definition) is 7. The maximum absolute atomic E-state index is 12.1. The average Bonchev–Trinajstić information content (AvgIpc) is 3.07. The smallest absolute Gasteiger partial charge is 0.387 e. The van der Waals surface area contributed by atoms with Crippen LogP contribution in [0.5, 0.6) is 5.75 Å². The molecule has 0 saturated carbocycles. The monoisotopic (exact) mass is 355 g/mol. The van der Waals surface area contributed by atoms with E-state index in [2.05, 4.69) is 19.2 Å². The molecule has 1 aromatic heterocycles. The molecule has 0 fully saturated rings. The number of methoxy groups -OCH3 is 2. The van der Waals surface area contributed by atoms with Crippen molar-refractivity contribution >= 4 is 11.9 Å². The average molecular weight is 355 g/mol. The van der Waals surface area contributed by atoms with E-state index in [1.807, 2.05) is 0 Å². The molecular weight excluding hydrogens is 340 g/mol. The number of oxazole rings is 1. The number of esters is 2. The molecule has 1 heterocycles. The van der Waals surface area contributed by atoms with Gasteiger partial charge in [0.25, 0.3) is 0 Å². The molecule has 0 spiro atoms. The molecule has 0 aliphatic rings. The first-order valence-corrected chi connectivity index (χ1v) is 7.10. The highest BCUT2D eigenvalue weighted by Crippen LogP contribution is 2.24. The zero-order valence-electron chi connectivity index (χ0n) is 13.4. The Labute approximate surface area is 141 Å². The van der Waals surface area contributed by atoms with Crippen LogP contribution in [0, 0.1) is 5.92 Å². The topological polar surface area (TPSA) is 87.9 Å². The lowest BCUT2D eigenvalue weighted by Crippen LogP contribution is -2.28. The third-order valence-corrected chi connectivity index (χ3v) is 3.26. The molecule has 0 aliphatic carbocycles. The lowest BCUT2D eigenvalue weighted by atomic mass is 10.0. The van der Waals surface area contributed by atoms with E-state index >= 15 is 0 Å². The van der Waals surface area contributed by atoms with E-state index in [0.29, 0.717) is 11.3 Å². The number of ether oxygens (including phenoxy) is 3. The highest BCUT2D eigenvalue weighted by molar-refractivity contribution is 5.95. The highest BCUT2D eigenvalue weighted by atomic mass is 19.3. The van der Waals surface area contributed by atoms with E-state index in [4.69, 9.17) is 4.42 Å². The Morgan fingerprint density at radius 1 is 1.12 bits per heavy atom. The summed E-state index contributed by atoms with van der Waals surface area (Å²) in [4.78, 5) is 27.5. The van der Waals surface area contributed by atoms with Crippen LogP contribution in [0.1, 0.15) is 5.69 Å². The minimum absolute atomic E-state index is 0.00183. The van der Waals surface area contributed by atoms with Gasteiger partial charge >= 0.3 is 18.6 Å². The summed E-state index contributed by atoms with van der Waals surface area (Å²) in [5, 5.41) is 0. The van der Waals surface area contributed by atoms with Crippen molar-refractivity contribution in [3.63, 3.8) is 0 Å². The number of nitrogens with zero attached hydrogens (tertiary/aromatic N) is 1. The van der Waals surface area contributed by atoms with E-state index in [0.717, 1.165) is 14.2 Å². The van der Waals surface area contributed by atoms with Gasteiger partial charge in [0, 0.05) is 12.0 Å². The standard InChI is InChI=1S/C16H15F2NO6/c1-22-14(20)12(15(21)23-2)7-10-8-24-13(19-10)9-3-5-11(6-4-9)25-16(17)18/h3-6,8,12,16H,7H2,1-2H3. The summed E-state index contributed by atoms with van der Waals surface area (Å²) in [6, 6.07) is 5.67. The summed E-state index contributed by atoms with van der Waals surface area (Å²) < 4.78 is 42.9. The number of aromatic nitrogens is 1. The highest BCUT2D eigenvalue weighted by Gasteiger charge is 2.30. The lowest BCUT2D eigenvalue weighted by molar-refractivity contribution is -0.158. The third-order valence-electron chi connectivity index (χ3n) is 3.26. The van der Waals surface area contributed by atoms with E-state index in [-0.39, 0.29) is 18.1 Å². The van der Waals surface area contributed by atoms with Gasteiger partial charge < -0.3 is 18.6 Å². The predicted octanol–water partition coefficient (Wildman–Crippen LogP) is 2.45. The molecule has 0 aliphatic heterocycles. The number of carbonyl (C=O) groups is 2. The van der Waals surface area contributed by atoms with E-state index in [1.54, 1.807) is 0 Å². The molecule has 0 N–H and O–H groups in total. The van der Waals surface area contributed by atoms with E-state index in [9.17, 15) is 18.4 Å². The van der Waals surface area contributed by atoms with Crippen LogP contribution < -0.4 is 4.74 Å². The molecule has 1 aromatic carbocycles. The van der Waals surface area contributed by atoms with Crippen LogP contribution in [0.2, 0.25) is 0 Å². The molecule has 0 unspecified atom stereocenters. The van der Waals surface area contributed by atoms with Crippen LogP contribution >= 0.6 is 0 Å². The molecule has 0 atom stereocenters. The number of halogens is 2. The number of alkyl halides is 2. The second-order valence-electron chi connectivity index (χ2n) is 4.85. The van der Waals surface area contributed by atoms with Crippen LogP contribution in [0.15, 0.2) is 34.9 Å². The van der Waals surface area contributed by atoms with Gasteiger partial charge in [-0.2, -0.15) is 8.78 Å². The fraction of sp³-hybridized carbons (Fsp3) is 0.312. The van der Waals surface area contributed by atoms with Gasteiger partial charge in [0.2, 0.25) is 5.89 Å². The van der Waals surface area contributed by atoms with Crippen LogP contribution in [0.25, 0.3) is 11.5 Å². The Hall–Kier alpha value is -2.97. The van der Waals surface area contributed by atoms with Crippen molar-refractivity contribution in [3.8, 4) is 17.2 Å². The van der Waals surface area contributed by atoms with Crippen molar-refractivity contribution in [2.75, 3.05) is 14.2 Å². The van der Waals surface area contributed by atoms with Gasteiger partial charge in [-0.15, -0.1) is 0 Å². The maximum Gasteiger partial charge on any atom is 0.387 e. The molecule has 2 aromatic rings. The van der Waals surface area contributed by atoms with Crippen molar-refractivity contribution < 1.29 is 37.0 Å². The predicted molar refractivity (Wildman–Crippen MR) is 79.8 cm³/mol. The zero-order valence-corrected chi connectivity index (χ0v) is 13.4. The third kappa shape index (κ3) is 4.75. The van der Waals surface area contributed by atoms with Crippen LogP contribution in [0.4, 0.5) is 8.78 Å². The fourth-order valence-corrected chi connectivity index (χ4v) is 2.07. The summed E-state index contributed by atoms with van der Waals surface area (Å²) in [6.45, 7) is -2.91. The van der Waals surface area contributed by atoms with Crippen molar-refractivity contribution in [2.24, 2.45) is 5.92 Å². The second kappa shape index (κ2) is 8.22. The van der Waals surface area contributed by atoms with Crippen molar-refractivity contribution in [1.82, 2.24) is 4.98 Å². The van der Waals surface area contributed by atoms with Gasteiger partial charge in [0.15, 0.2) is 5.92 Å². The molecule has 134 valence electrons. The van der Waals surface area contributed by atoms with Gasteiger partial charge in [0.1, 0.15) is 12.0 Å². The molecule has 7 nitrogen and oxygen atoms in total. The molecule has 2 rings (SSSR count). The van der Waals surface area contributed by atoms with E-state index in [1.165, 1.54) is 30.5 Å². The lowest BCUT2D eigenvalue weighted by Gasteiger charge is -2.10. The van der Waals surface area contributed by atoms with Gasteiger partial charge in [-0.05, 0) is 24.3 Å². The minimum atomic E-state index is -2.91. The summed E-state index contributed by atoms with van der Waals surface area (Å²) in [5.74, 6) is -2.45. The van der Waals surface area contributed by atoms with Crippen LogP contribution in [0.3, 0.4) is 0 Å². The molecule has 25 heavy (non-hydrogen) atoms. The Bertz CT molecular complexity index is 712. The second-order valence-corrected chi connectivity index (χ2v) is 4.85. The van der Waals surface area contributed by atoms with Gasteiger partial charge in [-0.25, -0.2) is 4.98 Å². The Balaban J connectivity index is 2.13. The Kier molecular flexibility index (Phi) is 6.04.